The van der Waals surface area contributed by atoms with E-state index in [0.29, 0.717) is 17.1 Å². The van der Waals surface area contributed by atoms with Crippen LogP contribution in [-0.2, 0) is 21.3 Å². The molecule has 35 heavy (non-hydrogen) atoms. The van der Waals surface area contributed by atoms with E-state index in [2.05, 4.69) is 15.5 Å². The zero-order valence-electron chi connectivity index (χ0n) is 18.6. The molecule has 178 valence electrons. The Labute approximate surface area is 202 Å². The summed E-state index contributed by atoms with van der Waals surface area (Å²) in [5.74, 6) is 0.859. The molecule has 0 aliphatic rings. The molecule has 1 N–H and O–H groups in total. The van der Waals surface area contributed by atoms with Crippen molar-refractivity contribution >= 4 is 22.2 Å². The number of para-hydroxylation sites is 1. The predicted octanol–water partition coefficient (Wildman–Crippen LogP) is 3.81. The van der Waals surface area contributed by atoms with E-state index >= 15 is 0 Å². The average molecular weight is 492 g/mol. The molecule has 1 aromatic heterocycles. The molecule has 0 saturated heterocycles. The number of hydrazone groups is 1. The van der Waals surface area contributed by atoms with Crippen LogP contribution in [0.3, 0.4) is 0 Å². The third-order valence-corrected chi connectivity index (χ3v) is 6.16. The van der Waals surface area contributed by atoms with Gasteiger partial charge < -0.3 is 13.3 Å². The van der Waals surface area contributed by atoms with Gasteiger partial charge in [-0.25, -0.2) is 10.4 Å². The smallest absolute Gasteiger partial charge is 0.339 e. The average Bonchev–Trinajstić information content (AvgIpc) is 3.39. The highest BCUT2D eigenvalue weighted by Crippen LogP contribution is 2.26. The fourth-order valence-corrected chi connectivity index (χ4v) is 4.31. The minimum atomic E-state index is -4.20. The number of methoxy groups -OCH3 is 1. The molecular formula is C25H21N3O6S. The summed E-state index contributed by atoms with van der Waals surface area (Å²) in [6, 6.07) is 19.8. The second kappa shape index (κ2) is 10.7. The first-order chi connectivity index (χ1) is 16.9. The molecule has 3 aromatic carbocycles. The van der Waals surface area contributed by atoms with Gasteiger partial charge in [0, 0.05) is 11.1 Å². The number of carbonyl (C=O) groups excluding carboxylic acids is 1. The highest BCUT2D eigenvalue weighted by Gasteiger charge is 2.21. The minimum Gasteiger partial charge on any atom is -0.497 e. The van der Waals surface area contributed by atoms with Crippen LogP contribution in [0.5, 0.6) is 11.5 Å². The molecule has 4 aromatic rings. The number of aromatic nitrogens is 1. The molecule has 0 radical (unpaired) electrons. The summed E-state index contributed by atoms with van der Waals surface area (Å²) in [5, 5.41) is 3.96. The van der Waals surface area contributed by atoms with Gasteiger partial charge in [0.15, 0.2) is 12.2 Å². The van der Waals surface area contributed by atoms with E-state index in [0.717, 1.165) is 5.56 Å². The second-order valence-electron chi connectivity index (χ2n) is 7.29. The first-order valence-corrected chi connectivity index (χ1v) is 11.8. The Morgan fingerprint density at radius 3 is 2.60 bits per heavy atom. The van der Waals surface area contributed by atoms with E-state index in [9.17, 15) is 13.2 Å². The normalized spacial score (nSPS) is 11.3. The highest BCUT2D eigenvalue weighted by atomic mass is 32.2. The zero-order valence-corrected chi connectivity index (χ0v) is 19.4. The molecule has 1 heterocycles. The van der Waals surface area contributed by atoms with Crippen LogP contribution in [0.25, 0.3) is 11.3 Å². The molecule has 0 spiro atoms. The van der Waals surface area contributed by atoms with E-state index < -0.39 is 10.1 Å². The third kappa shape index (κ3) is 6.12. The Balaban J connectivity index is 1.58. The van der Waals surface area contributed by atoms with Gasteiger partial charge in [-0.05, 0) is 48.0 Å². The van der Waals surface area contributed by atoms with Gasteiger partial charge in [0.1, 0.15) is 16.4 Å². The van der Waals surface area contributed by atoms with E-state index in [-0.39, 0.29) is 28.5 Å². The fraction of sp³-hybridized carbons (Fsp3) is 0.0800. The summed E-state index contributed by atoms with van der Waals surface area (Å²) < 4.78 is 41.7. The van der Waals surface area contributed by atoms with E-state index in [1.807, 2.05) is 0 Å². The summed E-state index contributed by atoms with van der Waals surface area (Å²) in [5.41, 5.74) is 3.92. The van der Waals surface area contributed by atoms with Gasteiger partial charge in [-0.2, -0.15) is 13.5 Å². The van der Waals surface area contributed by atoms with Crippen molar-refractivity contribution in [2.24, 2.45) is 5.10 Å². The zero-order chi connectivity index (χ0) is 24.7. The first kappa shape index (κ1) is 23.7. The molecule has 1 amide bonds. The van der Waals surface area contributed by atoms with Crippen LogP contribution in [0.1, 0.15) is 11.1 Å². The largest absolute Gasteiger partial charge is 0.497 e. The summed E-state index contributed by atoms with van der Waals surface area (Å²) in [6.45, 7) is 0. The summed E-state index contributed by atoms with van der Waals surface area (Å²) in [4.78, 5) is 16.1. The number of hydrogen-bond acceptors (Lipinski definition) is 8. The number of nitrogens with one attached hydrogen (secondary N) is 1. The topological polar surface area (TPSA) is 120 Å². The van der Waals surface area contributed by atoms with Gasteiger partial charge in [0.05, 0.1) is 25.9 Å². The molecule has 0 aliphatic heterocycles. The molecule has 0 bridgehead atoms. The lowest BCUT2D eigenvalue weighted by molar-refractivity contribution is -0.120. The molecule has 0 fully saturated rings. The molecule has 0 saturated carbocycles. The van der Waals surface area contributed by atoms with E-state index in [4.69, 9.17) is 13.3 Å². The Kier molecular flexibility index (Phi) is 7.22. The van der Waals surface area contributed by atoms with Crippen LogP contribution in [0, 0.1) is 0 Å². The number of carbonyl (C=O) groups is 1. The van der Waals surface area contributed by atoms with Crippen molar-refractivity contribution in [3.8, 4) is 22.8 Å². The van der Waals surface area contributed by atoms with Crippen LogP contribution in [0.15, 0.2) is 99.8 Å². The maximum atomic E-state index is 13.0. The Bertz CT molecular complexity index is 1440. The van der Waals surface area contributed by atoms with Gasteiger partial charge >= 0.3 is 10.1 Å². The predicted molar refractivity (Wildman–Crippen MR) is 129 cm³/mol. The van der Waals surface area contributed by atoms with Crippen LogP contribution >= 0.6 is 0 Å². The van der Waals surface area contributed by atoms with Crippen LogP contribution in [-0.4, -0.2) is 32.6 Å². The Morgan fingerprint density at radius 1 is 1.06 bits per heavy atom. The van der Waals surface area contributed by atoms with Crippen molar-refractivity contribution in [3.05, 3.63) is 96.5 Å². The second-order valence-corrected chi connectivity index (χ2v) is 8.81. The van der Waals surface area contributed by atoms with Gasteiger partial charge in [-0.3, -0.25) is 4.79 Å². The van der Waals surface area contributed by atoms with Crippen molar-refractivity contribution in [2.75, 3.05) is 7.11 Å². The van der Waals surface area contributed by atoms with Crippen LogP contribution < -0.4 is 14.3 Å². The van der Waals surface area contributed by atoms with Gasteiger partial charge in [0.2, 0.25) is 5.91 Å². The van der Waals surface area contributed by atoms with Crippen molar-refractivity contribution in [2.45, 2.75) is 11.3 Å². The molecule has 4 rings (SSSR count). The quantitative estimate of drug-likeness (QED) is 0.215. The van der Waals surface area contributed by atoms with Crippen molar-refractivity contribution in [1.82, 2.24) is 10.4 Å². The number of amides is 1. The number of nitrogens with zero attached hydrogens (tertiary/aromatic N) is 2. The maximum Gasteiger partial charge on any atom is 0.339 e. The Morgan fingerprint density at radius 2 is 1.86 bits per heavy atom. The number of ether oxygens (including phenoxy) is 1. The lowest BCUT2D eigenvalue weighted by atomic mass is 10.1. The molecule has 0 aliphatic carbocycles. The lowest BCUT2D eigenvalue weighted by Crippen LogP contribution is -2.20. The summed E-state index contributed by atoms with van der Waals surface area (Å²) in [6.07, 6.45) is 4.07. The molecule has 0 atom stereocenters. The minimum absolute atomic E-state index is 0.0644. The van der Waals surface area contributed by atoms with Crippen molar-refractivity contribution in [1.29, 1.82) is 0 Å². The fourth-order valence-electron chi connectivity index (χ4n) is 3.22. The first-order valence-electron chi connectivity index (χ1n) is 10.4. The summed E-state index contributed by atoms with van der Waals surface area (Å²) >= 11 is 0. The van der Waals surface area contributed by atoms with Crippen LogP contribution in [0.2, 0.25) is 0 Å². The standard InChI is InChI=1S/C25H21N3O6S/c1-32-22-9-5-6-18(12-22)13-25(29)28-27-15-20-14-19(23-16-26-17-33-23)10-11-24(20)35(30,31)34-21-7-3-2-4-8-21/h2-12,14-17H,13H2,1H3,(H,28,29). The lowest BCUT2D eigenvalue weighted by Gasteiger charge is -2.10. The molecule has 10 heteroatoms. The number of rotatable bonds is 9. The summed E-state index contributed by atoms with van der Waals surface area (Å²) in [7, 11) is -2.66. The SMILES string of the molecule is COc1cccc(CC(=O)NN=Cc2cc(-c3cnco3)ccc2S(=O)(=O)Oc2ccccc2)c1. The molecule has 9 nitrogen and oxygen atoms in total. The van der Waals surface area contributed by atoms with E-state index in [1.165, 1.54) is 37.0 Å². The van der Waals surface area contributed by atoms with E-state index in [1.54, 1.807) is 61.7 Å². The van der Waals surface area contributed by atoms with Crippen LogP contribution in [0.4, 0.5) is 0 Å². The van der Waals surface area contributed by atoms with Gasteiger partial charge in [0.25, 0.3) is 0 Å². The number of hydrogen-bond donors (Lipinski definition) is 1. The van der Waals surface area contributed by atoms with Gasteiger partial charge in [-0.15, -0.1) is 0 Å². The molecular weight excluding hydrogens is 470 g/mol. The maximum absolute atomic E-state index is 13.0. The number of benzene rings is 3. The van der Waals surface area contributed by atoms with Crippen molar-refractivity contribution in [3.63, 3.8) is 0 Å². The monoisotopic (exact) mass is 491 g/mol. The molecule has 0 unspecified atom stereocenters. The van der Waals surface area contributed by atoms with Crippen molar-refractivity contribution < 1.29 is 26.5 Å². The third-order valence-electron chi connectivity index (χ3n) is 4.84. The number of oxazole rings is 1. The Hall–Kier alpha value is -4.44. The van der Waals surface area contributed by atoms with Gasteiger partial charge in [-0.1, -0.05) is 30.3 Å². The highest BCUT2D eigenvalue weighted by molar-refractivity contribution is 7.87.